The van der Waals surface area contributed by atoms with E-state index in [9.17, 15) is 14.4 Å². The first-order valence-electron chi connectivity index (χ1n) is 11.1. The summed E-state index contributed by atoms with van der Waals surface area (Å²) in [7, 11) is 1.39. The normalized spacial score (nSPS) is 25.3. The zero-order valence-corrected chi connectivity index (χ0v) is 19.4. The molecular formula is C21H28FN5O7. The predicted molar refractivity (Wildman–Crippen MR) is 116 cm³/mol. The molecule has 1 aliphatic carbocycles. The van der Waals surface area contributed by atoms with E-state index in [1.54, 1.807) is 6.92 Å². The first-order chi connectivity index (χ1) is 16.2. The van der Waals surface area contributed by atoms with Gasteiger partial charge in [0.1, 0.15) is 12.2 Å². The number of methoxy groups -OCH3 is 1. The maximum atomic E-state index is 15.6. The van der Waals surface area contributed by atoms with Crippen LogP contribution < -0.4 is 16.2 Å². The number of anilines is 1. The first-order valence-corrected chi connectivity index (χ1v) is 11.1. The number of esters is 2. The SMILES string of the molecule is CC[C@H](OC(C)=O)[C@H]1O[C@@H](n2c(=O)n(CC3CC3)c3c(OC)nc(N)nc32)[C@H](OC(C)=O)[C@H]1F. The highest BCUT2D eigenvalue weighted by atomic mass is 19.1. The van der Waals surface area contributed by atoms with Crippen LogP contribution in [0.15, 0.2) is 4.79 Å². The number of fused-ring (bicyclic) bond motifs is 1. The van der Waals surface area contributed by atoms with Crippen LogP contribution in [0.4, 0.5) is 10.3 Å². The van der Waals surface area contributed by atoms with Gasteiger partial charge in [-0.2, -0.15) is 9.97 Å². The van der Waals surface area contributed by atoms with E-state index in [1.165, 1.54) is 18.6 Å². The second-order valence-electron chi connectivity index (χ2n) is 8.54. The second-order valence-corrected chi connectivity index (χ2v) is 8.54. The number of nitrogens with zero attached hydrogens (tertiary/aromatic N) is 4. The molecule has 2 aliphatic rings. The average Bonchev–Trinajstić information content (AvgIpc) is 3.49. The second kappa shape index (κ2) is 9.20. The molecule has 0 bridgehead atoms. The molecule has 5 atom stereocenters. The highest BCUT2D eigenvalue weighted by molar-refractivity contribution is 5.78. The van der Waals surface area contributed by atoms with Gasteiger partial charge >= 0.3 is 17.6 Å². The van der Waals surface area contributed by atoms with Gasteiger partial charge in [0.15, 0.2) is 29.7 Å². The van der Waals surface area contributed by atoms with E-state index in [2.05, 4.69) is 9.97 Å². The number of ether oxygens (including phenoxy) is 4. The molecule has 0 spiro atoms. The molecule has 1 aliphatic heterocycles. The van der Waals surface area contributed by atoms with Crippen molar-refractivity contribution >= 4 is 29.1 Å². The van der Waals surface area contributed by atoms with Gasteiger partial charge in [-0.1, -0.05) is 6.92 Å². The predicted octanol–water partition coefficient (Wildman–Crippen LogP) is 1.10. The Kier molecular flexibility index (Phi) is 6.47. The van der Waals surface area contributed by atoms with Crippen molar-refractivity contribution in [2.45, 2.75) is 77.3 Å². The van der Waals surface area contributed by atoms with Crippen LogP contribution in [0.3, 0.4) is 0 Å². The van der Waals surface area contributed by atoms with E-state index >= 15 is 4.39 Å². The fraction of sp³-hybridized carbons (Fsp3) is 0.667. The van der Waals surface area contributed by atoms with Gasteiger partial charge in [0.25, 0.3) is 0 Å². The standard InChI is InChI=1S/C21H28FN5O7/c1-5-12(32-9(2)28)15-13(22)16(33-10(3)29)19(34-15)27-17-14(18(31-4)25-20(23)24-17)26(21(27)30)8-11-6-7-11/h11-13,15-16,19H,5-8H2,1-4H3,(H2,23,24,25)/t12-,13-,15+,16+,19+/m0/s1. The molecule has 2 fully saturated rings. The number of aromatic nitrogens is 4. The van der Waals surface area contributed by atoms with Crippen LogP contribution in [0.1, 0.15) is 46.3 Å². The number of rotatable bonds is 8. The number of alkyl halides is 1. The van der Waals surface area contributed by atoms with Gasteiger partial charge < -0.3 is 24.7 Å². The Morgan fingerprint density at radius 1 is 1.26 bits per heavy atom. The maximum Gasteiger partial charge on any atom is 0.332 e. The van der Waals surface area contributed by atoms with E-state index < -0.39 is 48.3 Å². The highest BCUT2D eigenvalue weighted by Gasteiger charge is 2.53. The summed E-state index contributed by atoms with van der Waals surface area (Å²) in [6.07, 6.45) is -4.84. The van der Waals surface area contributed by atoms with Crippen molar-refractivity contribution in [1.29, 1.82) is 0 Å². The van der Waals surface area contributed by atoms with Crippen LogP contribution in [0.2, 0.25) is 0 Å². The van der Waals surface area contributed by atoms with Gasteiger partial charge in [0, 0.05) is 20.4 Å². The number of hydrogen-bond acceptors (Lipinski definition) is 10. The Morgan fingerprint density at radius 2 is 1.97 bits per heavy atom. The number of imidazole rings is 1. The molecule has 0 radical (unpaired) electrons. The van der Waals surface area contributed by atoms with Crippen molar-refractivity contribution in [2.75, 3.05) is 12.8 Å². The molecule has 0 amide bonds. The van der Waals surface area contributed by atoms with E-state index in [0.29, 0.717) is 12.5 Å². The minimum Gasteiger partial charge on any atom is -0.479 e. The summed E-state index contributed by atoms with van der Waals surface area (Å²) >= 11 is 0. The third kappa shape index (κ3) is 4.31. The lowest BCUT2D eigenvalue weighted by atomic mass is 10.0. The molecule has 2 aromatic rings. The molecule has 2 N–H and O–H groups in total. The Labute approximate surface area is 194 Å². The Balaban J connectivity index is 1.87. The summed E-state index contributed by atoms with van der Waals surface area (Å²) in [4.78, 5) is 45.3. The third-order valence-corrected chi connectivity index (χ3v) is 5.97. The van der Waals surface area contributed by atoms with Crippen molar-refractivity contribution in [1.82, 2.24) is 19.1 Å². The van der Waals surface area contributed by atoms with Crippen molar-refractivity contribution in [3.63, 3.8) is 0 Å². The molecule has 1 saturated heterocycles. The summed E-state index contributed by atoms with van der Waals surface area (Å²) in [5.41, 5.74) is 5.63. The van der Waals surface area contributed by atoms with Crippen LogP contribution in [-0.2, 0) is 30.3 Å². The van der Waals surface area contributed by atoms with Gasteiger partial charge in [0.2, 0.25) is 11.8 Å². The number of nitrogen functional groups attached to an aromatic ring is 1. The zero-order chi connectivity index (χ0) is 24.7. The molecule has 12 nitrogen and oxygen atoms in total. The molecule has 3 heterocycles. The quantitative estimate of drug-likeness (QED) is 0.543. The third-order valence-electron chi connectivity index (χ3n) is 5.97. The Morgan fingerprint density at radius 3 is 2.53 bits per heavy atom. The fourth-order valence-electron chi connectivity index (χ4n) is 4.33. The number of carbonyl (C=O) groups is 2. The number of carbonyl (C=O) groups excluding carboxylic acids is 2. The zero-order valence-electron chi connectivity index (χ0n) is 19.4. The number of halogens is 1. The Bertz CT molecular complexity index is 1160. The van der Waals surface area contributed by atoms with Gasteiger partial charge in [-0.05, 0) is 25.2 Å². The van der Waals surface area contributed by atoms with Gasteiger partial charge in [-0.15, -0.1) is 0 Å². The average molecular weight is 481 g/mol. The highest BCUT2D eigenvalue weighted by Crippen LogP contribution is 2.39. The summed E-state index contributed by atoms with van der Waals surface area (Å²) in [6, 6.07) is 0. The number of hydrogen-bond donors (Lipinski definition) is 1. The van der Waals surface area contributed by atoms with E-state index in [0.717, 1.165) is 24.3 Å². The fourth-order valence-corrected chi connectivity index (χ4v) is 4.33. The van der Waals surface area contributed by atoms with E-state index in [-0.39, 0.29) is 29.4 Å². The lowest BCUT2D eigenvalue weighted by Gasteiger charge is -2.23. The molecule has 4 rings (SSSR count). The number of nitrogens with two attached hydrogens (primary N) is 1. The molecule has 34 heavy (non-hydrogen) atoms. The minimum absolute atomic E-state index is 0.0607. The van der Waals surface area contributed by atoms with E-state index in [4.69, 9.17) is 24.7 Å². The van der Waals surface area contributed by atoms with Crippen LogP contribution in [0.5, 0.6) is 5.88 Å². The van der Waals surface area contributed by atoms with Crippen molar-refractivity contribution in [3.8, 4) is 5.88 Å². The topological polar surface area (TPSA) is 150 Å². The van der Waals surface area contributed by atoms with Crippen LogP contribution in [-0.4, -0.2) is 62.6 Å². The molecule has 0 aromatic carbocycles. The maximum absolute atomic E-state index is 15.6. The summed E-state index contributed by atoms with van der Waals surface area (Å²) in [5.74, 6) is -1.16. The van der Waals surface area contributed by atoms with Crippen LogP contribution >= 0.6 is 0 Å². The van der Waals surface area contributed by atoms with Crippen LogP contribution in [0.25, 0.3) is 11.2 Å². The minimum atomic E-state index is -1.88. The first kappa shape index (κ1) is 23.9. The Hall–Kier alpha value is -3.22. The lowest BCUT2D eigenvalue weighted by Crippen LogP contribution is -2.39. The van der Waals surface area contributed by atoms with Crippen LogP contribution in [0, 0.1) is 5.92 Å². The lowest BCUT2D eigenvalue weighted by molar-refractivity contribution is -0.159. The smallest absolute Gasteiger partial charge is 0.332 e. The molecular weight excluding hydrogens is 453 g/mol. The van der Waals surface area contributed by atoms with Gasteiger partial charge in [-0.25, -0.2) is 13.8 Å². The van der Waals surface area contributed by atoms with Crippen molar-refractivity contribution in [2.24, 2.45) is 5.92 Å². The van der Waals surface area contributed by atoms with Crippen molar-refractivity contribution in [3.05, 3.63) is 10.5 Å². The summed E-state index contributed by atoms with van der Waals surface area (Å²) < 4.78 is 40.0. The van der Waals surface area contributed by atoms with Gasteiger partial charge in [0.05, 0.1) is 7.11 Å². The van der Waals surface area contributed by atoms with E-state index in [1.807, 2.05) is 0 Å². The van der Waals surface area contributed by atoms with Gasteiger partial charge in [-0.3, -0.25) is 14.2 Å². The summed E-state index contributed by atoms with van der Waals surface area (Å²) in [6.45, 7) is 4.41. The monoisotopic (exact) mass is 481 g/mol. The largest absolute Gasteiger partial charge is 0.479 e. The molecule has 186 valence electrons. The molecule has 1 saturated carbocycles. The summed E-state index contributed by atoms with van der Waals surface area (Å²) in [5, 5.41) is 0. The molecule has 0 unspecified atom stereocenters. The van der Waals surface area contributed by atoms with Crippen molar-refractivity contribution < 1.29 is 32.9 Å². The molecule has 2 aromatic heterocycles. The molecule has 13 heteroatoms.